The minimum atomic E-state index is 0.895. The molecule has 30 rings (SSSR count). The van der Waals surface area contributed by atoms with Gasteiger partial charge >= 0.3 is 0 Å². The average molecular weight is 1720 g/mol. The molecule has 10 heterocycles. The summed E-state index contributed by atoms with van der Waals surface area (Å²) < 4.78 is 27.0. The molecule has 0 radical (unpaired) electrons. The van der Waals surface area contributed by atoms with Crippen molar-refractivity contribution < 1.29 is 8.83 Å². The first kappa shape index (κ1) is 73.1. The minimum Gasteiger partial charge on any atom is -0.456 e. The normalized spacial score (nSPS) is 12.2. The van der Waals surface area contributed by atoms with Crippen LogP contribution in [-0.4, -0.2) is 27.9 Å². The van der Waals surface area contributed by atoms with Gasteiger partial charge in [-0.05, 0) is 252 Å². The molecule has 20 aromatic carbocycles. The van der Waals surface area contributed by atoms with E-state index in [1.807, 2.05) is 46.9 Å². The fraction of sp³-hybridized carbons (Fsp3) is 0. The summed E-state index contributed by atoms with van der Waals surface area (Å²) >= 11 is 3.74. The largest absolute Gasteiger partial charge is 0.456 e. The maximum atomic E-state index is 6.16. The number of nitrogens with zero attached hydrogens (tertiary/aromatic N) is 6. The molecule has 0 atom stereocenters. The van der Waals surface area contributed by atoms with Gasteiger partial charge in [0.25, 0.3) is 0 Å². The second-order valence-electron chi connectivity index (χ2n) is 35.0. The van der Waals surface area contributed by atoms with Crippen LogP contribution in [0.1, 0.15) is 0 Å². The molecule has 0 saturated heterocycles. The van der Waals surface area contributed by atoms with Crippen molar-refractivity contribution in [2.75, 3.05) is 0 Å². The van der Waals surface area contributed by atoms with Crippen molar-refractivity contribution in [2.24, 2.45) is 0 Å². The number of hydrogen-bond donors (Lipinski definition) is 0. The van der Waals surface area contributed by atoms with E-state index in [1.54, 1.807) is 0 Å². The number of hydrogen-bond acceptors (Lipinski definition) is 6. The van der Waals surface area contributed by atoms with E-state index >= 15 is 0 Å². The van der Waals surface area contributed by atoms with E-state index in [-0.39, 0.29) is 0 Å². The van der Waals surface area contributed by atoms with E-state index < -0.39 is 0 Å². The molecule has 0 fully saturated rings. The van der Waals surface area contributed by atoms with Crippen molar-refractivity contribution in [3.63, 3.8) is 0 Å². The molecule has 0 amide bonds. The lowest BCUT2D eigenvalue weighted by molar-refractivity contribution is 0.668. The Morgan fingerprint density at radius 3 is 0.962 bits per heavy atom. The number of aromatic nitrogens is 6. The van der Waals surface area contributed by atoms with Crippen molar-refractivity contribution in [2.45, 2.75) is 0 Å². The summed E-state index contributed by atoms with van der Waals surface area (Å²) in [6.45, 7) is 0. The highest BCUT2D eigenvalue weighted by atomic mass is 32.1. The van der Waals surface area contributed by atoms with Gasteiger partial charge in [0.15, 0.2) is 0 Å². The molecule has 132 heavy (non-hydrogen) atoms. The minimum absolute atomic E-state index is 0.895. The number of pyridine rings is 2. The highest BCUT2D eigenvalue weighted by Gasteiger charge is 2.25. The second-order valence-corrected chi connectivity index (χ2v) is 37.2. The lowest BCUT2D eigenvalue weighted by Gasteiger charge is -2.16. The molecule has 612 valence electrons. The van der Waals surface area contributed by atoms with E-state index in [2.05, 4.69) is 419 Å². The SMILES string of the molecule is c1ccc2c(c1)oc1ccc(-c3ccn4c(c3)nc3c5ccccc5c5cc(-c6cc(-c7ccc8c(c7)sc7ccccc78)cc(-c7ccc8sc9ccccc9c8c7)c6)ccc5c34)cc12.c1ccc2c(c1)oc1ccc(-c3ccn4c(c3)nc3c5ccccc5c5cc(-c6cc(-n7c8ccccc8c8ccccc87)cc(-n7c8ccccc8c8ccccc87)c6)ccc5c34)cc12. The zero-order chi connectivity index (χ0) is 86.1. The Morgan fingerprint density at radius 2 is 0.492 bits per heavy atom. The van der Waals surface area contributed by atoms with Gasteiger partial charge in [-0.15, -0.1) is 22.7 Å². The molecule has 0 N–H and O–H groups in total. The van der Waals surface area contributed by atoms with Crippen molar-refractivity contribution in [1.29, 1.82) is 0 Å². The molecular weight excluding hydrogens is 1650 g/mol. The lowest BCUT2D eigenvalue weighted by Crippen LogP contribution is -2.00. The molecule has 10 heteroatoms. The first-order chi connectivity index (χ1) is 65.4. The van der Waals surface area contributed by atoms with Gasteiger partial charge < -0.3 is 18.0 Å². The number of rotatable bonds is 8. The lowest BCUT2D eigenvalue weighted by atomic mass is 9.91. The molecule has 0 aliphatic heterocycles. The van der Waals surface area contributed by atoms with Crippen LogP contribution >= 0.6 is 22.7 Å². The van der Waals surface area contributed by atoms with Crippen molar-refractivity contribution in [1.82, 2.24) is 27.9 Å². The van der Waals surface area contributed by atoms with Crippen LogP contribution in [0.3, 0.4) is 0 Å². The predicted octanol–water partition coefficient (Wildman–Crippen LogP) is 34.3. The van der Waals surface area contributed by atoms with E-state index in [1.165, 1.54) is 150 Å². The molecule has 0 aliphatic rings. The Balaban J connectivity index is 0.000000129. The number of thiophene rings is 2. The number of fused-ring (bicyclic) bond motifs is 34. The topological polar surface area (TPSA) is 70.7 Å². The Bertz CT molecular complexity index is 10000. The van der Waals surface area contributed by atoms with Crippen LogP contribution in [-0.2, 0) is 0 Å². The summed E-state index contributed by atoms with van der Waals surface area (Å²) in [5.41, 5.74) is 30.6. The molecular formula is C122H70N6O2S2. The molecule has 0 unspecified atom stereocenters. The first-order valence-corrected chi connectivity index (χ1v) is 46.5. The number of para-hydroxylation sites is 6. The quantitative estimate of drug-likeness (QED) is 0.142. The van der Waals surface area contributed by atoms with E-state index in [9.17, 15) is 0 Å². The van der Waals surface area contributed by atoms with E-state index in [0.717, 1.165) is 133 Å². The van der Waals surface area contributed by atoms with Gasteiger partial charge in [0.05, 0.1) is 44.1 Å². The van der Waals surface area contributed by atoms with Crippen LogP contribution < -0.4 is 0 Å². The van der Waals surface area contributed by atoms with Crippen LogP contribution in [0.5, 0.6) is 0 Å². The highest BCUT2D eigenvalue weighted by molar-refractivity contribution is 7.26. The zero-order valence-electron chi connectivity index (χ0n) is 70.7. The van der Waals surface area contributed by atoms with Crippen LogP contribution in [0.25, 0.3) is 282 Å². The summed E-state index contributed by atoms with van der Waals surface area (Å²) in [5, 5.41) is 24.1. The third-order valence-corrected chi connectivity index (χ3v) is 30.1. The van der Waals surface area contributed by atoms with Crippen molar-refractivity contribution in [3.05, 3.63) is 425 Å². The Kier molecular flexibility index (Phi) is 15.6. The van der Waals surface area contributed by atoms with Gasteiger partial charge in [0.1, 0.15) is 33.6 Å². The smallest absolute Gasteiger partial charge is 0.138 e. The summed E-state index contributed by atoms with van der Waals surface area (Å²) in [5.74, 6) is 0. The summed E-state index contributed by atoms with van der Waals surface area (Å²) in [7, 11) is 0. The number of furan rings is 2. The monoisotopic (exact) mass is 1710 g/mol. The van der Waals surface area contributed by atoms with Crippen molar-refractivity contribution >= 4 is 227 Å². The molecule has 0 aliphatic carbocycles. The fourth-order valence-corrected chi connectivity index (χ4v) is 23.9. The number of benzene rings is 20. The first-order valence-electron chi connectivity index (χ1n) is 44.8. The van der Waals surface area contributed by atoms with Gasteiger partial charge in [-0.2, -0.15) is 0 Å². The Labute approximate surface area is 761 Å². The second kappa shape index (κ2) is 28.2. The van der Waals surface area contributed by atoms with Gasteiger partial charge in [-0.1, -0.05) is 249 Å². The predicted molar refractivity (Wildman–Crippen MR) is 557 cm³/mol. The molecule has 0 saturated carbocycles. The van der Waals surface area contributed by atoms with Gasteiger partial charge in [0.2, 0.25) is 0 Å². The molecule has 0 spiro atoms. The maximum absolute atomic E-state index is 6.16. The summed E-state index contributed by atoms with van der Waals surface area (Å²) in [6, 6.07) is 151. The maximum Gasteiger partial charge on any atom is 0.138 e. The third-order valence-electron chi connectivity index (χ3n) is 27.8. The van der Waals surface area contributed by atoms with Crippen LogP contribution in [0.4, 0.5) is 0 Å². The van der Waals surface area contributed by atoms with Crippen LogP contribution in [0.2, 0.25) is 0 Å². The Morgan fingerprint density at radius 1 is 0.182 bits per heavy atom. The standard InChI is InChI=1S/C61H36N4O.C61H34N2OS2/c1-2-19-49-43(13-1)51-33-38(25-27-50(51)61-60(49)62-59-35-39(29-30-63(59)61)37-26-28-58-52(34-37)48-18-7-12-24-57(48)66-58)40-31-41(64-53-20-8-3-14-44(53)45-15-4-9-21-54(45)64)36-42(32-40)65-55-22-10-5-16-46(55)47-17-6-11-23-56(47)65;1-2-13-48-43(9-1)50-30-36(18-22-49(50)61-60(48)62-59-34-39(25-26-63(59)61)35-19-23-54-51(31-35)44-10-3-6-14-53(44)64-54)40-27-41(37-20-24-57-52(32-37)46-12-5-8-16-56(46)65-57)29-42(28-40)38-17-21-47-45-11-4-7-15-55(45)66-58(47)33-38/h1-36H;1-34H. The Hall–Kier alpha value is -17.0. The fourth-order valence-electron chi connectivity index (χ4n) is 21.7. The highest BCUT2D eigenvalue weighted by Crippen LogP contribution is 2.48. The van der Waals surface area contributed by atoms with Crippen LogP contribution in [0, 0.1) is 0 Å². The molecule has 10 aromatic heterocycles. The molecule has 30 aromatic rings. The molecule has 8 nitrogen and oxygen atoms in total. The molecule has 0 bridgehead atoms. The summed E-state index contributed by atoms with van der Waals surface area (Å²) in [4.78, 5) is 10.8. The summed E-state index contributed by atoms with van der Waals surface area (Å²) in [6.07, 6.45) is 4.38. The third kappa shape index (κ3) is 11.1. The number of imidazole rings is 2. The average Bonchev–Trinajstić information content (AvgIpc) is 1.60. The van der Waals surface area contributed by atoms with Gasteiger partial charge in [0, 0.05) is 129 Å². The van der Waals surface area contributed by atoms with Gasteiger partial charge in [-0.25, -0.2) is 9.97 Å². The van der Waals surface area contributed by atoms with E-state index in [4.69, 9.17) is 18.8 Å². The van der Waals surface area contributed by atoms with Crippen molar-refractivity contribution in [3.8, 4) is 78.1 Å². The zero-order valence-corrected chi connectivity index (χ0v) is 72.4. The van der Waals surface area contributed by atoms with Crippen LogP contribution in [0.15, 0.2) is 434 Å². The van der Waals surface area contributed by atoms with Gasteiger partial charge in [-0.3, -0.25) is 8.80 Å². The van der Waals surface area contributed by atoms with E-state index in [0.29, 0.717) is 0 Å².